The van der Waals surface area contributed by atoms with Gasteiger partial charge in [-0.3, -0.25) is 4.98 Å². The second-order valence-corrected chi connectivity index (χ2v) is 7.04. The van der Waals surface area contributed by atoms with Crippen LogP contribution in [0.2, 0.25) is 0 Å². The van der Waals surface area contributed by atoms with E-state index < -0.39 is 0 Å². The molecule has 0 aliphatic rings. The molecular formula is C24H23FN4. The molecule has 0 aliphatic carbocycles. The number of nitrogens with one attached hydrogen (secondary N) is 1. The number of rotatable bonds is 7. The summed E-state index contributed by atoms with van der Waals surface area (Å²) in [5.41, 5.74) is 6.21. The predicted octanol–water partition coefficient (Wildman–Crippen LogP) is 4.71. The van der Waals surface area contributed by atoms with Crippen molar-refractivity contribution in [3.8, 4) is 16.9 Å². The zero-order chi connectivity index (χ0) is 20.1. The van der Waals surface area contributed by atoms with Crippen molar-refractivity contribution in [1.82, 2.24) is 20.1 Å². The fourth-order valence-corrected chi connectivity index (χ4v) is 3.21. The van der Waals surface area contributed by atoms with Crippen LogP contribution in [0.1, 0.15) is 16.8 Å². The third-order valence-electron chi connectivity index (χ3n) is 4.81. The summed E-state index contributed by atoms with van der Waals surface area (Å²) in [6.07, 6.45) is 4.69. The fraction of sp³-hybridized carbons (Fsp3) is 0.167. The third-order valence-corrected chi connectivity index (χ3v) is 4.81. The average molecular weight is 386 g/mol. The molecule has 5 heteroatoms. The number of hydrogen-bond donors (Lipinski definition) is 1. The molecule has 4 rings (SSSR count). The molecule has 2 heterocycles. The van der Waals surface area contributed by atoms with Crippen LogP contribution in [0, 0.1) is 12.7 Å². The molecule has 0 saturated carbocycles. The van der Waals surface area contributed by atoms with E-state index >= 15 is 0 Å². The fourth-order valence-electron chi connectivity index (χ4n) is 3.21. The molecule has 0 bridgehead atoms. The molecule has 29 heavy (non-hydrogen) atoms. The average Bonchev–Trinajstić information content (AvgIpc) is 3.17. The number of aryl methyl sites for hydroxylation is 1. The Labute approximate surface area is 170 Å². The molecule has 0 fully saturated rings. The minimum Gasteiger partial charge on any atom is -0.312 e. The van der Waals surface area contributed by atoms with Gasteiger partial charge in [0.25, 0.3) is 0 Å². The lowest BCUT2D eigenvalue weighted by atomic mass is 10.1. The lowest BCUT2D eigenvalue weighted by Gasteiger charge is -2.05. The van der Waals surface area contributed by atoms with Gasteiger partial charge in [-0.15, -0.1) is 0 Å². The van der Waals surface area contributed by atoms with E-state index in [0.29, 0.717) is 6.54 Å². The van der Waals surface area contributed by atoms with Crippen LogP contribution in [0.3, 0.4) is 0 Å². The Hall–Kier alpha value is -3.31. The molecule has 1 N–H and O–H groups in total. The molecule has 4 aromatic rings. The van der Waals surface area contributed by atoms with Crippen molar-refractivity contribution in [1.29, 1.82) is 0 Å². The van der Waals surface area contributed by atoms with Crippen molar-refractivity contribution in [2.75, 3.05) is 6.54 Å². The molecule has 2 aromatic carbocycles. The Kier molecular flexibility index (Phi) is 5.77. The summed E-state index contributed by atoms with van der Waals surface area (Å²) in [7, 11) is 0. The predicted molar refractivity (Wildman–Crippen MR) is 113 cm³/mol. The van der Waals surface area contributed by atoms with Crippen molar-refractivity contribution < 1.29 is 4.39 Å². The number of aromatic nitrogens is 3. The summed E-state index contributed by atoms with van der Waals surface area (Å²) >= 11 is 0. The van der Waals surface area contributed by atoms with Gasteiger partial charge in [0.05, 0.1) is 11.4 Å². The van der Waals surface area contributed by atoms with Gasteiger partial charge in [-0.05, 0) is 43.3 Å². The SMILES string of the molecule is Cc1ccc(-c2nn(-c3ccc(F)cc3)cc2CNCCc2ccccn2)cc1. The highest BCUT2D eigenvalue weighted by Gasteiger charge is 2.12. The minimum atomic E-state index is -0.254. The van der Waals surface area contributed by atoms with Crippen molar-refractivity contribution in [3.63, 3.8) is 0 Å². The van der Waals surface area contributed by atoms with Gasteiger partial charge in [0, 0.05) is 48.7 Å². The first-order chi connectivity index (χ1) is 14.2. The molecule has 0 unspecified atom stereocenters. The van der Waals surface area contributed by atoms with Crippen molar-refractivity contribution in [2.24, 2.45) is 0 Å². The lowest BCUT2D eigenvalue weighted by molar-refractivity contribution is 0.627. The van der Waals surface area contributed by atoms with Crippen LogP contribution in [-0.2, 0) is 13.0 Å². The van der Waals surface area contributed by atoms with Crippen LogP contribution < -0.4 is 5.32 Å². The van der Waals surface area contributed by atoms with Crippen molar-refractivity contribution >= 4 is 0 Å². The van der Waals surface area contributed by atoms with Crippen molar-refractivity contribution in [3.05, 3.63) is 102 Å². The molecule has 0 atom stereocenters. The van der Waals surface area contributed by atoms with Gasteiger partial charge in [0.1, 0.15) is 5.82 Å². The molecule has 0 radical (unpaired) electrons. The Morgan fingerprint density at radius 2 is 1.76 bits per heavy atom. The largest absolute Gasteiger partial charge is 0.312 e. The lowest BCUT2D eigenvalue weighted by Crippen LogP contribution is -2.17. The topological polar surface area (TPSA) is 42.7 Å². The standard InChI is InChI=1S/C24H23FN4/c1-18-5-7-19(8-6-18)24-20(16-26-15-13-22-4-2-3-14-27-22)17-29(28-24)23-11-9-21(25)10-12-23/h2-12,14,17,26H,13,15-16H2,1H3. The molecule has 2 aromatic heterocycles. The molecule has 0 amide bonds. The molecule has 0 saturated heterocycles. The number of nitrogens with zero attached hydrogens (tertiary/aromatic N) is 3. The second kappa shape index (κ2) is 8.80. The first-order valence-corrected chi connectivity index (χ1v) is 9.71. The first kappa shape index (κ1) is 19.0. The first-order valence-electron chi connectivity index (χ1n) is 9.71. The highest BCUT2D eigenvalue weighted by molar-refractivity contribution is 5.63. The van der Waals surface area contributed by atoms with Crippen LogP contribution in [0.25, 0.3) is 16.9 Å². The van der Waals surface area contributed by atoms with E-state index in [1.54, 1.807) is 12.1 Å². The van der Waals surface area contributed by atoms with E-state index in [2.05, 4.69) is 41.5 Å². The van der Waals surface area contributed by atoms with Gasteiger partial charge < -0.3 is 5.32 Å². The highest BCUT2D eigenvalue weighted by atomic mass is 19.1. The maximum Gasteiger partial charge on any atom is 0.123 e. The second-order valence-electron chi connectivity index (χ2n) is 7.04. The van der Waals surface area contributed by atoms with Crippen molar-refractivity contribution in [2.45, 2.75) is 19.9 Å². The Morgan fingerprint density at radius 1 is 0.966 bits per heavy atom. The van der Waals surface area contributed by atoms with Gasteiger partial charge in [-0.25, -0.2) is 9.07 Å². The van der Waals surface area contributed by atoms with E-state index in [-0.39, 0.29) is 5.82 Å². The number of hydrogen-bond acceptors (Lipinski definition) is 3. The Morgan fingerprint density at radius 3 is 2.48 bits per heavy atom. The van der Waals surface area contributed by atoms with Crippen LogP contribution in [0.15, 0.2) is 79.1 Å². The summed E-state index contributed by atoms with van der Waals surface area (Å²) in [6.45, 7) is 3.59. The summed E-state index contributed by atoms with van der Waals surface area (Å²) in [5, 5.41) is 8.28. The minimum absolute atomic E-state index is 0.254. The van der Waals surface area contributed by atoms with E-state index in [1.807, 2.05) is 35.3 Å². The third kappa shape index (κ3) is 4.76. The number of benzene rings is 2. The smallest absolute Gasteiger partial charge is 0.123 e. The van der Waals surface area contributed by atoms with Crippen LogP contribution in [0.5, 0.6) is 0 Å². The van der Waals surface area contributed by atoms with Gasteiger partial charge in [0.2, 0.25) is 0 Å². The van der Waals surface area contributed by atoms with Crippen LogP contribution in [-0.4, -0.2) is 21.3 Å². The Balaban J connectivity index is 1.55. The number of halogens is 1. The molecule has 146 valence electrons. The molecule has 0 spiro atoms. The van der Waals surface area contributed by atoms with E-state index in [9.17, 15) is 4.39 Å². The maximum atomic E-state index is 13.3. The Bertz CT molecular complexity index is 1050. The van der Waals surface area contributed by atoms with E-state index in [1.165, 1.54) is 17.7 Å². The summed E-state index contributed by atoms with van der Waals surface area (Å²) in [6, 6.07) is 20.7. The molecule has 4 nitrogen and oxygen atoms in total. The summed E-state index contributed by atoms with van der Waals surface area (Å²) in [4.78, 5) is 4.36. The molecule has 0 aliphatic heterocycles. The summed E-state index contributed by atoms with van der Waals surface area (Å²) in [5.74, 6) is -0.254. The van der Waals surface area contributed by atoms with E-state index in [4.69, 9.17) is 5.10 Å². The van der Waals surface area contributed by atoms with E-state index in [0.717, 1.165) is 41.2 Å². The van der Waals surface area contributed by atoms with Gasteiger partial charge in [0.15, 0.2) is 0 Å². The number of pyridine rings is 1. The van der Waals surface area contributed by atoms with Gasteiger partial charge >= 0.3 is 0 Å². The maximum absolute atomic E-state index is 13.3. The summed E-state index contributed by atoms with van der Waals surface area (Å²) < 4.78 is 15.1. The van der Waals surface area contributed by atoms with Gasteiger partial charge in [-0.1, -0.05) is 35.9 Å². The zero-order valence-corrected chi connectivity index (χ0v) is 16.3. The van der Waals surface area contributed by atoms with Gasteiger partial charge in [-0.2, -0.15) is 5.10 Å². The van der Waals surface area contributed by atoms with Crippen LogP contribution in [0.4, 0.5) is 4.39 Å². The zero-order valence-electron chi connectivity index (χ0n) is 16.3. The monoisotopic (exact) mass is 386 g/mol. The van der Waals surface area contributed by atoms with Crippen LogP contribution >= 0.6 is 0 Å². The normalized spacial score (nSPS) is 11.0. The highest BCUT2D eigenvalue weighted by Crippen LogP contribution is 2.24. The quantitative estimate of drug-likeness (QED) is 0.468. The molecular weight excluding hydrogens is 363 g/mol.